The van der Waals surface area contributed by atoms with Crippen molar-refractivity contribution in [1.29, 1.82) is 0 Å². The van der Waals surface area contributed by atoms with Crippen LogP contribution in [0.2, 0.25) is 0 Å². The van der Waals surface area contributed by atoms with Crippen LogP contribution in [0.1, 0.15) is 18.4 Å². The van der Waals surface area contributed by atoms with Crippen molar-refractivity contribution in [2.24, 2.45) is 0 Å². The van der Waals surface area contributed by atoms with Gasteiger partial charge in [0, 0.05) is 6.07 Å². The predicted octanol–water partition coefficient (Wildman–Crippen LogP) is 2.86. The highest BCUT2D eigenvalue weighted by Crippen LogP contribution is 2.26. The zero-order valence-electron chi connectivity index (χ0n) is 14.6. The van der Waals surface area contributed by atoms with Crippen molar-refractivity contribution in [3.8, 4) is 0 Å². The van der Waals surface area contributed by atoms with Crippen LogP contribution in [0.4, 0.5) is 5.69 Å². The molecule has 0 aliphatic rings. The van der Waals surface area contributed by atoms with E-state index in [0.29, 0.717) is 12.8 Å². The molecule has 0 fully saturated rings. The van der Waals surface area contributed by atoms with E-state index in [4.69, 9.17) is 4.18 Å². The lowest BCUT2D eigenvalue weighted by atomic mass is 10.1. The largest absolute Gasteiger partial charge is 0.467 e. The normalized spacial score (nSPS) is 12.3. The van der Waals surface area contributed by atoms with Crippen LogP contribution in [0.25, 0.3) is 0 Å². The SMILES string of the molecule is COC(=O)[C@@H](CCCc1ccccc1)OS(=O)(=O)c1ccccc1[N+](=O)[O-]. The third kappa shape index (κ3) is 5.60. The molecule has 1 atom stereocenters. The van der Waals surface area contributed by atoms with Crippen molar-refractivity contribution in [3.05, 3.63) is 70.3 Å². The Hall–Kier alpha value is -2.78. The molecule has 0 saturated heterocycles. The second-order valence-electron chi connectivity index (χ2n) is 5.66. The minimum Gasteiger partial charge on any atom is -0.467 e. The van der Waals surface area contributed by atoms with Gasteiger partial charge in [0.2, 0.25) is 0 Å². The molecule has 0 aliphatic heterocycles. The van der Waals surface area contributed by atoms with Gasteiger partial charge >= 0.3 is 16.1 Å². The van der Waals surface area contributed by atoms with Gasteiger partial charge < -0.3 is 4.74 Å². The summed E-state index contributed by atoms with van der Waals surface area (Å²) in [6.45, 7) is 0. The smallest absolute Gasteiger partial charge is 0.336 e. The van der Waals surface area contributed by atoms with Crippen LogP contribution >= 0.6 is 0 Å². The fourth-order valence-electron chi connectivity index (χ4n) is 2.50. The maximum Gasteiger partial charge on any atom is 0.336 e. The molecule has 2 aromatic carbocycles. The first-order valence-electron chi connectivity index (χ1n) is 8.13. The maximum absolute atomic E-state index is 12.5. The van der Waals surface area contributed by atoms with Gasteiger partial charge in [-0.1, -0.05) is 42.5 Å². The number of nitro benzene ring substituents is 1. The van der Waals surface area contributed by atoms with Crippen LogP contribution in [0, 0.1) is 10.1 Å². The van der Waals surface area contributed by atoms with Gasteiger partial charge in [0.15, 0.2) is 11.0 Å². The van der Waals surface area contributed by atoms with E-state index in [-0.39, 0.29) is 6.42 Å². The number of esters is 1. The van der Waals surface area contributed by atoms with Crippen molar-refractivity contribution in [1.82, 2.24) is 0 Å². The summed E-state index contributed by atoms with van der Waals surface area (Å²) in [6.07, 6.45) is -0.218. The molecule has 2 rings (SSSR count). The highest BCUT2D eigenvalue weighted by Gasteiger charge is 2.32. The highest BCUT2D eigenvalue weighted by molar-refractivity contribution is 7.87. The van der Waals surface area contributed by atoms with E-state index in [2.05, 4.69) is 4.74 Å². The summed E-state index contributed by atoms with van der Waals surface area (Å²) in [7, 11) is -3.41. The molecule has 0 aromatic heterocycles. The number of nitro groups is 1. The molecule has 0 spiro atoms. The van der Waals surface area contributed by atoms with Gasteiger partial charge in [-0.2, -0.15) is 8.42 Å². The van der Waals surface area contributed by atoms with E-state index in [9.17, 15) is 23.3 Å². The summed E-state index contributed by atoms with van der Waals surface area (Å²) in [6, 6.07) is 14.3. The van der Waals surface area contributed by atoms with Crippen LogP contribution in [0.15, 0.2) is 59.5 Å². The number of benzene rings is 2. The molecule has 0 bridgehead atoms. The van der Waals surface area contributed by atoms with Crippen molar-refractivity contribution in [2.75, 3.05) is 7.11 Å². The number of rotatable bonds is 9. The number of nitrogens with zero attached hydrogens (tertiary/aromatic N) is 1. The molecule has 0 heterocycles. The Labute approximate surface area is 157 Å². The molecular formula is C18H19NO7S. The molecule has 0 saturated carbocycles. The first kappa shape index (κ1) is 20.5. The third-order valence-corrected chi connectivity index (χ3v) is 5.18. The van der Waals surface area contributed by atoms with Crippen molar-refractivity contribution in [3.63, 3.8) is 0 Å². The Bertz CT molecular complexity index is 897. The maximum atomic E-state index is 12.5. The number of hydrogen-bond donors (Lipinski definition) is 0. The third-order valence-electron chi connectivity index (χ3n) is 3.81. The van der Waals surface area contributed by atoms with Crippen LogP contribution in [0.5, 0.6) is 0 Å². The van der Waals surface area contributed by atoms with E-state index in [1.807, 2.05) is 30.3 Å². The van der Waals surface area contributed by atoms with Crippen molar-refractivity contribution >= 4 is 21.8 Å². The highest BCUT2D eigenvalue weighted by atomic mass is 32.2. The lowest BCUT2D eigenvalue weighted by Crippen LogP contribution is -2.29. The van der Waals surface area contributed by atoms with Crippen LogP contribution < -0.4 is 0 Å². The Kier molecular flexibility index (Phi) is 7.03. The number of ether oxygens (including phenoxy) is 1. The molecule has 0 amide bonds. The monoisotopic (exact) mass is 393 g/mol. The van der Waals surface area contributed by atoms with Gasteiger partial charge in [0.05, 0.1) is 12.0 Å². The fraction of sp³-hybridized carbons (Fsp3) is 0.278. The molecule has 2 aromatic rings. The second kappa shape index (κ2) is 9.24. The standard InChI is InChI=1S/C18H19NO7S/c1-25-18(20)16(12-7-10-14-8-3-2-4-9-14)26-27(23,24)17-13-6-5-11-15(17)19(21)22/h2-6,8-9,11,13,16H,7,10,12H2,1H3/t16-/m1/s1. The van der Waals surface area contributed by atoms with E-state index in [0.717, 1.165) is 24.8 Å². The molecule has 27 heavy (non-hydrogen) atoms. The van der Waals surface area contributed by atoms with Gasteiger partial charge in [-0.15, -0.1) is 0 Å². The first-order chi connectivity index (χ1) is 12.8. The van der Waals surface area contributed by atoms with Gasteiger partial charge in [-0.3, -0.25) is 14.3 Å². The zero-order chi connectivity index (χ0) is 19.9. The lowest BCUT2D eigenvalue weighted by Gasteiger charge is -2.15. The van der Waals surface area contributed by atoms with Gasteiger partial charge in [0.25, 0.3) is 5.69 Å². The minimum absolute atomic E-state index is 0.0848. The topological polar surface area (TPSA) is 113 Å². The van der Waals surface area contributed by atoms with Crippen LogP contribution in [-0.2, 0) is 30.3 Å². The molecule has 8 nitrogen and oxygen atoms in total. The Morgan fingerprint density at radius 3 is 2.37 bits per heavy atom. The lowest BCUT2D eigenvalue weighted by molar-refractivity contribution is -0.387. The summed E-state index contributed by atoms with van der Waals surface area (Å²) in [5.41, 5.74) is 0.410. The average molecular weight is 393 g/mol. The number of hydrogen-bond acceptors (Lipinski definition) is 7. The molecular weight excluding hydrogens is 374 g/mol. The van der Waals surface area contributed by atoms with E-state index < -0.39 is 37.7 Å². The Morgan fingerprint density at radius 2 is 1.74 bits per heavy atom. The van der Waals surface area contributed by atoms with Gasteiger partial charge in [0.1, 0.15) is 0 Å². The molecule has 144 valence electrons. The average Bonchev–Trinajstić information content (AvgIpc) is 2.67. The van der Waals surface area contributed by atoms with Crippen LogP contribution in [-0.4, -0.2) is 32.5 Å². The minimum atomic E-state index is -4.53. The Morgan fingerprint density at radius 1 is 1.11 bits per heavy atom. The summed E-state index contributed by atoms with van der Waals surface area (Å²) in [5, 5.41) is 11.1. The van der Waals surface area contributed by atoms with Crippen LogP contribution in [0.3, 0.4) is 0 Å². The molecule has 0 N–H and O–H groups in total. The summed E-state index contributed by atoms with van der Waals surface area (Å²) >= 11 is 0. The summed E-state index contributed by atoms with van der Waals surface area (Å²) in [5.74, 6) is -0.856. The predicted molar refractivity (Wildman–Crippen MR) is 96.6 cm³/mol. The molecule has 0 aliphatic carbocycles. The van der Waals surface area contributed by atoms with Gasteiger partial charge in [-0.05, 0) is 30.9 Å². The molecule has 9 heteroatoms. The first-order valence-corrected chi connectivity index (χ1v) is 9.54. The van der Waals surface area contributed by atoms with Crippen molar-refractivity contribution in [2.45, 2.75) is 30.3 Å². The molecule has 0 radical (unpaired) electrons. The number of para-hydroxylation sites is 1. The second-order valence-corrected chi connectivity index (χ2v) is 7.21. The number of carbonyl (C=O) groups excluding carboxylic acids is 1. The van der Waals surface area contributed by atoms with E-state index in [1.54, 1.807) is 0 Å². The number of aryl methyl sites for hydroxylation is 1. The fourth-order valence-corrected chi connectivity index (χ4v) is 3.73. The number of carbonyl (C=O) groups is 1. The van der Waals surface area contributed by atoms with Crippen molar-refractivity contribution < 1.29 is 27.1 Å². The van der Waals surface area contributed by atoms with E-state index in [1.165, 1.54) is 12.1 Å². The van der Waals surface area contributed by atoms with E-state index >= 15 is 0 Å². The zero-order valence-corrected chi connectivity index (χ0v) is 15.4. The van der Waals surface area contributed by atoms with Gasteiger partial charge in [-0.25, -0.2) is 4.79 Å². The summed E-state index contributed by atoms with van der Waals surface area (Å²) < 4.78 is 34.6. The molecule has 0 unspecified atom stereocenters. The Balaban J connectivity index is 2.15. The number of methoxy groups -OCH3 is 1. The summed E-state index contributed by atoms with van der Waals surface area (Å²) in [4.78, 5) is 21.6. The quantitative estimate of drug-likeness (QED) is 0.279.